The van der Waals surface area contributed by atoms with E-state index < -0.39 is 0 Å². The maximum atomic E-state index is 13.9. The Morgan fingerprint density at radius 3 is 2.45 bits per heavy atom. The summed E-state index contributed by atoms with van der Waals surface area (Å²) in [5, 5.41) is 3.66. The van der Waals surface area contributed by atoms with Gasteiger partial charge in [0.25, 0.3) is 0 Å². The monoisotopic (exact) mass is 429 g/mol. The fourth-order valence-corrected chi connectivity index (χ4v) is 5.47. The van der Waals surface area contributed by atoms with Crippen LogP contribution in [0.3, 0.4) is 0 Å². The smallest absolute Gasteiger partial charge is 0.193 e. The lowest BCUT2D eigenvalue weighted by atomic mass is 9.96. The first-order chi connectivity index (χ1) is 15.2. The summed E-state index contributed by atoms with van der Waals surface area (Å²) in [6.45, 7) is 9.90. The topological polar surface area (TPSA) is 34.1 Å². The second kappa shape index (κ2) is 11.3. The Morgan fingerprint density at radius 2 is 1.71 bits per heavy atom. The molecule has 6 heteroatoms. The predicted octanol–water partition coefficient (Wildman–Crippen LogP) is 3.42. The molecule has 0 aliphatic carbocycles. The molecule has 3 saturated heterocycles. The van der Waals surface area contributed by atoms with E-state index in [1.165, 1.54) is 45.3 Å². The van der Waals surface area contributed by atoms with Crippen LogP contribution in [0.15, 0.2) is 29.3 Å². The molecule has 0 amide bonds. The van der Waals surface area contributed by atoms with Crippen molar-refractivity contribution in [1.82, 2.24) is 20.0 Å². The lowest BCUT2D eigenvalue weighted by Gasteiger charge is -2.33. The highest BCUT2D eigenvalue weighted by Crippen LogP contribution is 2.22. The number of hydrogen-bond acceptors (Lipinski definition) is 3. The molecular weight excluding hydrogens is 389 g/mol. The number of aliphatic imine (C=N–C) groups is 1. The van der Waals surface area contributed by atoms with Gasteiger partial charge in [-0.25, -0.2) is 4.39 Å². The molecule has 3 aliphatic heterocycles. The van der Waals surface area contributed by atoms with Crippen molar-refractivity contribution in [2.75, 3.05) is 59.4 Å². The van der Waals surface area contributed by atoms with Gasteiger partial charge in [-0.3, -0.25) is 9.89 Å². The van der Waals surface area contributed by atoms with Crippen LogP contribution in [-0.2, 0) is 6.54 Å². The molecule has 4 rings (SSSR count). The molecule has 3 aliphatic rings. The van der Waals surface area contributed by atoms with E-state index in [9.17, 15) is 4.39 Å². The van der Waals surface area contributed by atoms with Crippen molar-refractivity contribution in [1.29, 1.82) is 0 Å². The van der Waals surface area contributed by atoms with Crippen LogP contribution in [-0.4, -0.2) is 80.1 Å². The lowest BCUT2D eigenvalue weighted by molar-refractivity contribution is 0.176. The first-order valence-electron chi connectivity index (χ1n) is 12.3. The van der Waals surface area contributed by atoms with E-state index in [0.29, 0.717) is 5.92 Å². The molecule has 1 unspecified atom stereocenters. The van der Waals surface area contributed by atoms with E-state index in [1.54, 1.807) is 12.1 Å². The van der Waals surface area contributed by atoms with Gasteiger partial charge in [-0.15, -0.1) is 0 Å². The molecule has 0 radical (unpaired) electrons. The van der Waals surface area contributed by atoms with Crippen LogP contribution in [0, 0.1) is 17.7 Å². The van der Waals surface area contributed by atoms with Gasteiger partial charge in [0, 0.05) is 45.3 Å². The van der Waals surface area contributed by atoms with Crippen LogP contribution in [0.2, 0.25) is 0 Å². The number of guanidine groups is 1. The molecule has 1 aromatic carbocycles. The lowest BCUT2D eigenvalue weighted by Crippen LogP contribution is -2.44. The van der Waals surface area contributed by atoms with Crippen molar-refractivity contribution in [3.63, 3.8) is 0 Å². The average molecular weight is 430 g/mol. The Kier molecular flexibility index (Phi) is 8.20. The summed E-state index contributed by atoms with van der Waals surface area (Å²) in [5.74, 6) is 2.44. The average Bonchev–Trinajstić information content (AvgIpc) is 3.26. The van der Waals surface area contributed by atoms with E-state index >= 15 is 0 Å². The van der Waals surface area contributed by atoms with Gasteiger partial charge >= 0.3 is 0 Å². The number of benzene rings is 1. The molecular formula is C25H40FN5. The van der Waals surface area contributed by atoms with E-state index in [-0.39, 0.29) is 5.82 Å². The first kappa shape index (κ1) is 22.5. The third-order valence-corrected chi connectivity index (χ3v) is 7.37. The quantitative estimate of drug-likeness (QED) is 0.555. The Balaban J connectivity index is 1.16. The number of nitrogens with zero attached hydrogens (tertiary/aromatic N) is 4. The van der Waals surface area contributed by atoms with E-state index in [2.05, 4.69) is 25.0 Å². The van der Waals surface area contributed by atoms with Crippen molar-refractivity contribution >= 4 is 5.96 Å². The Hall–Kier alpha value is -1.66. The van der Waals surface area contributed by atoms with Crippen LogP contribution >= 0.6 is 0 Å². The minimum Gasteiger partial charge on any atom is -0.356 e. The zero-order valence-electron chi connectivity index (χ0n) is 19.2. The van der Waals surface area contributed by atoms with Gasteiger partial charge in [-0.05, 0) is 76.2 Å². The van der Waals surface area contributed by atoms with Crippen LogP contribution in [0.25, 0.3) is 0 Å². The molecule has 3 fully saturated rings. The molecule has 0 bridgehead atoms. The van der Waals surface area contributed by atoms with Crippen LogP contribution in [0.5, 0.6) is 0 Å². The summed E-state index contributed by atoms with van der Waals surface area (Å²) in [7, 11) is 1.91. The Bertz CT molecular complexity index is 710. The fourth-order valence-electron chi connectivity index (χ4n) is 5.47. The van der Waals surface area contributed by atoms with Crippen molar-refractivity contribution in [3.05, 3.63) is 35.6 Å². The molecule has 5 nitrogen and oxygen atoms in total. The van der Waals surface area contributed by atoms with Crippen molar-refractivity contribution in [2.45, 2.75) is 45.1 Å². The van der Waals surface area contributed by atoms with Crippen LogP contribution in [0.4, 0.5) is 4.39 Å². The molecule has 0 aromatic heterocycles. The van der Waals surface area contributed by atoms with E-state index in [1.807, 2.05) is 19.2 Å². The van der Waals surface area contributed by atoms with Gasteiger partial charge in [0.15, 0.2) is 5.96 Å². The summed E-state index contributed by atoms with van der Waals surface area (Å²) >= 11 is 0. The molecule has 172 valence electrons. The SMILES string of the molecule is CN=C(NCC1CCN(Cc2ccccc2F)CC1)N1CCC(CN2CCCCC2)C1. The fraction of sp³-hybridized carbons (Fsp3) is 0.720. The molecule has 1 N–H and O–H groups in total. The van der Waals surface area contributed by atoms with Gasteiger partial charge < -0.3 is 15.1 Å². The number of rotatable bonds is 6. The minimum atomic E-state index is -0.0840. The van der Waals surface area contributed by atoms with Gasteiger partial charge in [0.05, 0.1) is 0 Å². The maximum Gasteiger partial charge on any atom is 0.193 e. The highest BCUT2D eigenvalue weighted by Gasteiger charge is 2.27. The van der Waals surface area contributed by atoms with Crippen molar-refractivity contribution in [3.8, 4) is 0 Å². The number of nitrogens with one attached hydrogen (secondary N) is 1. The molecule has 0 saturated carbocycles. The van der Waals surface area contributed by atoms with Gasteiger partial charge in [0.1, 0.15) is 5.82 Å². The normalized spacial score (nSPS) is 24.6. The van der Waals surface area contributed by atoms with Crippen LogP contribution < -0.4 is 5.32 Å². The third-order valence-electron chi connectivity index (χ3n) is 7.37. The number of halogens is 1. The summed E-state index contributed by atoms with van der Waals surface area (Å²) in [6.07, 6.45) is 7.77. The zero-order valence-corrected chi connectivity index (χ0v) is 19.2. The zero-order chi connectivity index (χ0) is 21.5. The molecule has 31 heavy (non-hydrogen) atoms. The second-order valence-corrected chi connectivity index (χ2v) is 9.70. The maximum absolute atomic E-state index is 13.9. The first-order valence-corrected chi connectivity index (χ1v) is 12.3. The Labute approximate surface area is 187 Å². The van der Waals surface area contributed by atoms with Gasteiger partial charge in [-0.2, -0.15) is 0 Å². The molecule has 0 spiro atoms. The minimum absolute atomic E-state index is 0.0840. The third kappa shape index (κ3) is 6.42. The largest absolute Gasteiger partial charge is 0.356 e. The summed E-state index contributed by atoms with van der Waals surface area (Å²) < 4.78 is 13.9. The summed E-state index contributed by atoms with van der Waals surface area (Å²) in [5.41, 5.74) is 0.813. The van der Waals surface area contributed by atoms with E-state index in [0.717, 1.165) is 69.6 Å². The van der Waals surface area contributed by atoms with Crippen LogP contribution in [0.1, 0.15) is 44.1 Å². The molecule has 1 aromatic rings. The standard InChI is InChI=1S/C25H40FN5/c1-27-25(31-16-11-22(19-31)18-29-12-5-2-6-13-29)28-17-21-9-14-30(15-10-21)20-23-7-3-4-8-24(23)26/h3-4,7-8,21-22H,2,5-6,9-20H2,1H3,(H,27,28). The van der Waals surface area contributed by atoms with Crippen molar-refractivity contribution in [2.24, 2.45) is 16.8 Å². The molecule has 3 heterocycles. The van der Waals surface area contributed by atoms with Gasteiger partial charge in [-0.1, -0.05) is 24.6 Å². The van der Waals surface area contributed by atoms with Gasteiger partial charge in [0.2, 0.25) is 0 Å². The van der Waals surface area contributed by atoms with E-state index in [4.69, 9.17) is 0 Å². The second-order valence-electron chi connectivity index (χ2n) is 9.70. The highest BCUT2D eigenvalue weighted by molar-refractivity contribution is 5.80. The highest BCUT2D eigenvalue weighted by atomic mass is 19.1. The number of piperidine rings is 2. The number of likely N-dealkylation sites (tertiary alicyclic amines) is 3. The molecule has 1 atom stereocenters. The van der Waals surface area contributed by atoms with Crippen molar-refractivity contribution < 1.29 is 4.39 Å². The summed E-state index contributed by atoms with van der Waals surface area (Å²) in [6, 6.07) is 7.16. The predicted molar refractivity (Wildman–Crippen MR) is 126 cm³/mol. The summed E-state index contributed by atoms with van der Waals surface area (Å²) in [4.78, 5) is 12.1. The number of hydrogen-bond donors (Lipinski definition) is 1. The Morgan fingerprint density at radius 1 is 0.968 bits per heavy atom.